The highest BCUT2D eigenvalue weighted by Gasteiger charge is 2.43. The zero-order valence-corrected chi connectivity index (χ0v) is 27.1. The van der Waals surface area contributed by atoms with Crippen LogP contribution in [0.2, 0.25) is 40.2 Å². The van der Waals surface area contributed by atoms with Gasteiger partial charge in [0.2, 0.25) is 0 Å². The van der Waals surface area contributed by atoms with Crippen molar-refractivity contribution < 1.29 is 24.0 Å². The summed E-state index contributed by atoms with van der Waals surface area (Å²) in [4.78, 5) is 67.4. The van der Waals surface area contributed by atoms with Gasteiger partial charge in [-0.1, -0.05) is 92.8 Å². The molecule has 2 aliphatic heterocycles. The molecule has 4 aromatic carbocycles. The molecule has 0 aromatic heterocycles. The van der Waals surface area contributed by atoms with Crippen LogP contribution in [0, 0.1) is 0 Å². The lowest BCUT2D eigenvalue weighted by molar-refractivity contribution is 0.0910. The molecule has 0 unspecified atom stereocenters. The van der Waals surface area contributed by atoms with Gasteiger partial charge in [0.05, 0.1) is 73.8 Å². The minimum absolute atomic E-state index is 0.144. The molecule has 4 amide bonds. The van der Waals surface area contributed by atoms with E-state index in [1.165, 1.54) is 48.5 Å². The Morgan fingerprint density at radius 2 is 0.614 bits per heavy atom. The van der Waals surface area contributed by atoms with Crippen LogP contribution in [-0.2, 0) is 0 Å². The molecule has 0 fully saturated rings. The maximum absolute atomic E-state index is 13.2. The van der Waals surface area contributed by atoms with Crippen molar-refractivity contribution in [1.82, 2.24) is 0 Å². The highest BCUT2D eigenvalue weighted by atomic mass is 35.5. The fourth-order valence-electron chi connectivity index (χ4n) is 4.86. The van der Waals surface area contributed by atoms with Crippen LogP contribution in [0.3, 0.4) is 0 Å². The van der Waals surface area contributed by atoms with Crippen LogP contribution in [-0.4, -0.2) is 29.4 Å². The Balaban J connectivity index is 1.25. The Morgan fingerprint density at radius 1 is 0.386 bits per heavy atom. The van der Waals surface area contributed by atoms with E-state index in [1.54, 1.807) is 0 Å². The molecule has 15 heteroatoms. The van der Waals surface area contributed by atoms with Crippen molar-refractivity contribution >= 4 is 134 Å². The van der Waals surface area contributed by atoms with Crippen molar-refractivity contribution in [2.24, 2.45) is 0 Å². The third-order valence-corrected chi connectivity index (χ3v) is 10.6. The van der Waals surface area contributed by atoms with Crippen molar-refractivity contribution in [3.63, 3.8) is 0 Å². The van der Waals surface area contributed by atoms with Gasteiger partial charge in [-0.2, -0.15) is 0 Å². The van der Waals surface area contributed by atoms with Gasteiger partial charge in [-0.05, 0) is 48.5 Å². The summed E-state index contributed by atoms with van der Waals surface area (Å²) in [5.41, 5.74) is 0.00868. The predicted molar refractivity (Wildman–Crippen MR) is 172 cm³/mol. The van der Waals surface area contributed by atoms with E-state index in [0.717, 1.165) is 9.80 Å². The summed E-state index contributed by atoms with van der Waals surface area (Å²) in [5, 5.41) is -1.43. The largest absolute Gasteiger partial charge is 0.289 e. The minimum Gasteiger partial charge on any atom is -0.289 e. The Kier molecular flexibility index (Phi) is 7.92. The number of carbonyl (C=O) groups is 5. The highest BCUT2D eigenvalue weighted by molar-refractivity contribution is 6.57. The molecule has 220 valence electrons. The molecule has 0 spiro atoms. The predicted octanol–water partition coefficient (Wildman–Crippen LogP) is 9.75. The van der Waals surface area contributed by atoms with Crippen LogP contribution < -0.4 is 9.80 Å². The minimum atomic E-state index is -0.759. The lowest BCUT2D eigenvalue weighted by Gasteiger charge is -2.15. The number of halogens is 8. The zero-order chi connectivity index (χ0) is 31.9. The molecule has 0 saturated carbocycles. The van der Waals surface area contributed by atoms with E-state index in [0.29, 0.717) is 0 Å². The molecule has 2 heterocycles. The van der Waals surface area contributed by atoms with Gasteiger partial charge >= 0.3 is 0 Å². The number of anilines is 2. The van der Waals surface area contributed by atoms with Gasteiger partial charge in [0.1, 0.15) is 0 Å². The maximum atomic E-state index is 13.2. The van der Waals surface area contributed by atoms with Crippen LogP contribution in [0.25, 0.3) is 0 Å². The van der Waals surface area contributed by atoms with Gasteiger partial charge in [0.25, 0.3) is 23.6 Å². The van der Waals surface area contributed by atoms with Gasteiger partial charge in [0, 0.05) is 11.1 Å². The Bertz CT molecular complexity index is 1810. The second kappa shape index (κ2) is 11.2. The zero-order valence-electron chi connectivity index (χ0n) is 21.1. The van der Waals surface area contributed by atoms with Crippen molar-refractivity contribution in [3.8, 4) is 0 Å². The number of imide groups is 2. The normalized spacial score (nSPS) is 14.1. The summed E-state index contributed by atoms with van der Waals surface area (Å²) in [6.07, 6.45) is 0. The van der Waals surface area contributed by atoms with Gasteiger partial charge in [0.15, 0.2) is 5.78 Å². The molecule has 7 nitrogen and oxygen atoms in total. The van der Waals surface area contributed by atoms with Crippen LogP contribution in [0.1, 0.15) is 57.4 Å². The monoisotopic (exact) mass is 744 g/mol. The van der Waals surface area contributed by atoms with Crippen LogP contribution >= 0.6 is 92.8 Å². The lowest BCUT2D eigenvalue weighted by atomic mass is 10.0. The topological polar surface area (TPSA) is 91.8 Å². The van der Waals surface area contributed by atoms with Crippen molar-refractivity contribution in [2.45, 2.75) is 0 Å². The maximum Gasteiger partial charge on any atom is 0.267 e. The second-order valence-electron chi connectivity index (χ2n) is 9.33. The number of benzene rings is 4. The summed E-state index contributed by atoms with van der Waals surface area (Å²) in [6, 6.07) is 11.3. The third-order valence-electron chi connectivity index (χ3n) is 6.98. The summed E-state index contributed by atoms with van der Waals surface area (Å²) in [5.74, 6) is -3.46. The third kappa shape index (κ3) is 4.45. The second-order valence-corrected chi connectivity index (χ2v) is 12.3. The van der Waals surface area contributed by atoms with Gasteiger partial charge in [-0.25, -0.2) is 9.80 Å². The standard InChI is InChI=1S/C29H8Cl8N2O5/c30-17-13-14(18(31)22(35)21(17)34)27(42)38(26(13)41)11-5-1-9(2-6-11)25(40)10-3-7-12(8-4-10)39-28(43)15-16(29(39)44)20(33)24(37)23(36)19(15)32/h1-8H. The van der Waals surface area contributed by atoms with Crippen LogP contribution in [0.4, 0.5) is 11.4 Å². The van der Waals surface area contributed by atoms with E-state index < -0.39 is 29.4 Å². The van der Waals surface area contributed by atoms with Gasteiger partial charge in [-0.15, -0.1) is 0 Å². The average Bonchev–Trinajstić information content (AvgIpc) is 3.44. The van der Waals surface area contributed by atoms with Crippen LogP contribution in [0.15, 0.2) is 48.5 Å². The molecule has 6 rings (SSSR count). The van der Waals surface area contributed by atoms with Crippen molar-refractivity contribution in [3.05, 3.63) is 122 Å². The molecule has 44 heavy (non-hydrogen) atoms. The van der Waals surface area contributed by atoms with E-state index in [1.807, 2.05) is 0 Å². The molecule has 2 aliphatic rings. The number of amides is 4. The highest BCUT2D eigenvalue weighted by Crippen LogP contribution is 2.47. The lowest BCUT2D eigenvalue weighted by Crippen LogP contribution is -2.29. The molecule has 0 N–H and O–H groups in total. The summed E-state index contributed by atoms with van der Waals surface area (Å²) in [7, 11) is 0. The fourth-order valence-corrected chi connectivity index (χ4v) is 6.89. The van der Waals surface area contributed by atoms with E-state index in [4.69, 9.17) is 92.8 Å². The molecule has 0 bridgehead atoms. The molecule has 0 radical (unpaired) electrons. The first-order valence-electron chi connectivity index (χ1n) is 12.0. The van der Waals surface area contributed by atoms with E-state index in [9.17, 15) is 24.0 Å². The molecule has 0 saturated heterocycles. The molecular formula is C29H8Cl8N2O5. The van der Waals surface area contributed by atoms with E-state index in [2.05, 4.69) is 0 Å². The Morgan fingerprint density at radius 3 is 0.841 bits per heavy atom. The van der Waals surface area contributed by atoms with Crippen LogP contribution in [0.5, 0.6) is 0 Å². The number of ketones is 1. The molecular weight excluding hydrogens is 740 g/mol. The van der Waals surface area contributed by atoms with Crippen molar-refractivity contribution in [2.75, 3.05) is 9.80 Å². The number of rotatable bonds is 4. The Hall–Kier alpha value is -2.85. The molecule has 4 aromatic rings. The first kappa shape index (κ1) is 31.1. The van der Waals surface area contributed by atoms with Gasteiger partial charge < -0.3 is 0 Å². The smallest absolute Gasteiger partial charge is 0.267 e. The molecule has 0 atom stereocenters. The van der Waals surface area contributed by atoms with Crippen molar-refractivity contribution in [1.29, 1.82) is 0 Å². The Labute approximate surface area is 287 Å². The van der Waals surface area contributed by atoms with E-state index >= 15 is 0 Å². The molecule has 0 aliphatic carbocycles. The number of hydrogen-bond donors (Lipinski definition) is 0. The summed E-state index contributed by atoms with van der Waals surface area (Å²) >= 11 is 49.1. The summed E-state index contributed by atoms with van der Waals surface area (Å²) in [6.45, 7) is 0. The SMILES string of the molecule is O=C(c1ccc(N2C(=O)c3c(Cl)c(Cl)c(Cl)c(Cl)c3C2=O)cc1)c1ccc(N2C(=O)c3c(Cl)c(Cl)c(Cl)c(Cl)c3C2=O)cc1. The first-order chi connectivity index (χ1) is 20.8. The summed E-state index contributed by atoms with van der Waals surface area (Å²) < 4.78 is 0. The number of carbonyl (C=O) groups excluding carboxylic acids is 5. The number of fused-ring (bicyclic) bond motifs is 2. The number of hydrogen-bond acceptors (Lipinski definition) is 5. The van der Waals surface area contributed by atoms with E-state index in [-0.39, 0.29) is 84.9 Å². The van der Waals surface area contributed by atoms with Gasteiger partial charge in [-0.3, -0.25) is 24.0 Å². The average molecular weight is 748 g/mol. The number of nitrogens with zero attached hydrogens (tertiary/aromatic N) is 2. The fraction of sp³-hybridized carbons (Fsp3) is 0. The first-order valence-corrected chi connectivity index (χ1v) is 15.0. The quantitative estimate of drug-likeness (QED) is 0.0898.